The van der Waals surface area contributed by atoms with Crippen LogP contribution in [0.15, 0.2) is 22.0 Å². The van der Waals surface area contributed by atoms with E-state index in [-0.39, 0.29) is 5.91 Å². The summed E-state index contributed by atoms with van der Waals surface area (Å²) in [4.78, 5) is 28.9. The zero-order valence-electron chi connectivity index (χ0n) is 12.8. The molecule has 0 radical (unpaired) electrons. The molecule has 0 bridgehead atoms. The van der Waals surface area contributed by atoms with Crippen molar-refractivity contribution in [2.75, 3.05) is 38.7 Å². The molecule has 1 fully saturated rings. The number of hydrogen-bond donors (Lipinski definition) is 0. The third kappa shape index (κ3) is 4.94. The van der Waals surface area contributed by atoms with Gasteiger partial charge in [-0.2, -0.15) is 0 Å². The maximum Gasteiger partial charge on any atom is 0.225 e. The minimum atomic E-state index is 0.0439. The monoisotopic (exact) mass is 369 g/mol. The van der Waals surface area contributed by atoms with E-state index in [0.29, 0.717) is 13.0 Å². The molecule has 2 rings (SSSR count). The number of carbonyl (C=O) groups is 1. The summed E-state index contributed by atoms with van der Waals surface area (Å²) >= 11 is 3.33. The van der Waals surface area contributed by atoms with E-state index in [1.807, 2.05) is 0 Å². The molecule has 2 heterocycles. The third-order valence-electron chi connectivity index (χ3n) is 3.33. The quantitative estimate of drug-likeness (QED) is 0.583. The first-order chi connectivity index (χ1) is 10.6. The Kier molecular flexibility index (Phi) is 6.11. The summed E-state index contributed by atoms with van der Waals surface area (Å²) in [7, 11) is 3.46. The van der Waals surface area contributed by atoms with E-state index in [1.165, 1.54) is 0 Å². The SMILES string of the molecule is CN(C)C(=O)CCON=C1CCN(c2ncc(Br)cn2)CC1. The maximum absolute atomic E-state index is 11.4. The second-order valence-electron chi connectivity index (χ2n) is 5.22. The lowest BCUT2D eigenvalue weighted by molar-refractivity contribution is -0.129. The van der Waals surface area contributed by atoms with Crippen molar-refractivity contribution in [1.82, 2.24) is 14.9 Å². The molecule has 0 aliphatic carbocycles. The number of nitrogens with zero attached hydrogens (tertiary/aromatic N) is 5. The smallest absolute Gasteiger partial charge is 0.225 e. The van der Waals surface area contributed by atoms with Crippen LogP contribution in [0.2, 0.25) is 0 Å². The molecule has 1 saturated heterocycles. The number of hydrogen-bond acceptors (Lipinski definition) is 6. The summed E-state index contributed by atoms with van der Waals surface area (Å²) in [6.07, 6.45) is 5.48. The summed E-state index contributed by atoms with van der Waals surface area (Å²) < 4.78 is 0.871. The van der Waals surface area contributed by atoms with Crippen molar-refractivity contribution in [3.63, 3.8) is 0 Å². The van der Waals surface area contributed by atoms with Crippen molar-refractivity contribution < 1.29 is 9.63 Å². The van der Waals surface area contributed by atoms with Gasteiger partial charge in [0.2, 0.25) is 11.9 Å². The van der Waals surface area contributed by atoms with E-state index in [4.69, 9.17) is 4.84 Å². The zero-order chi connectivity index (χ0) is 15.9. The summed E-state index contributed by atoms with van der Waals surface area (Å²) in [6.45, 7) is 1.96. The zero-order valence-corrected chi connectivity index (χ0v) is 14.4. The van der Waals surface area contributed by atoms with E-state index in [2.05, 4.69) is 36.0 Å². The lowest BCUT2D eigenvalue weighted by atomic mass is 10.1. The number of rotatable bonds is 5. The molecular weight excluding hydrogens is 350 g/mol. The van der Waals surface area contributed by atoms with Crippen molar-refractivity contribution in [3.05, 3.63) is 16.9 Å². The van der Waals surface area contributed by atoms with Gasteiger partial charge in [-0.25, -0.2) is 9.97 Å². The van der Waals surface area contributed by atoms with Gasteiger partial charge in [0, 0.05) is 52.4 Å². The van der Waals surface area contributed by atoms with Gasteiger partial charge >= 0.3 is 0 Å². The van der Waals surface area contributed by atoms with Crippen LogP contribution in [0.1, 0.15) is 19.3 Å². The van der Waals surface area contributed by atoms with Crippen LogP contribution >= 0.6 is 15.9 Å². The van der Waals surface area contributed by atoms with Gasteiger partial charge in [-0.1, -0.05) is 5.16 Å². The number of piperidine rings is 1. The van der Waals surface area contributed by atoms with Crippen molar-refractivity contribution in [1.29, 1.82) is 0 Å². The number of halogens is 1. The molecule has 120 valence electrons. The molecule has 22 heavy (non-hydrogen) atoms. The molecule has 0 N–H and O–H groups in total. The van der Waals surface area contributed by atoms with Crippen molar-refractivity contribution in [2.24, 2.45) is 5.16 Å². The lowest BCUT2D eigenvalue weighted by Gasteiger charge is -2.27. The van der Waals surface area contributed by atoms with Crippen LogP contribution in [0.25, 0.3) is 0 Å². The Labute approximate surface area is 138 Å². The predicted molar refractivity (Wildman–Crippen MR) is 87.9 cm³/mol. The molecule has 0 unspecified atom stereocenters. The minimum absolute atomic E-state index is 0.0439. The van der Waals surface area contributed by atoms with Gasteiger partial charge in [0.05, 0.1) is 16.6 Å². The van der Waals surface area contributed by atoms with Gasteiger partial charge in [0.15, 0.2) is 0 Å². The fraction of sp³-hybridized carbons (Fsp3) is 0.571. The maximum atomic E-state index is 11.4. The predicted octanol–water partition coefficient (Wildman–Crippen LogP) is 1.69. The van der Waals surface area contributed by atoms with Gasteiger partial charge in [0.25, 0.3) is 0 Å². The fourth-order valence-electron chi connectivity index (χ4n) is 2.02. The number of aromatic nitrogens is 2. The van der Waals surface area contributed by atoms with Crippen molar-refractivity contribution >= 4 is 33.5 Å². The Balaban J connectivity index is 1.73. The topological polar surface area (TPSA) is 70.9 Å². The second-order valence-corrected chi connectivity index (χ2v) is 6.13. The van der Waals surface area contributed by atoms with E-state index < -0.39 is 0 Å². The molecule has 0 aromatic carbocycles. The molecule has 1 aliphatic heterocycles. The molecular formula is C14H20BrN5O2. The first-order valence-electron chi connectivity index (χ1n) is 7.16. The molecule has 1 amide bonds. The highest BCUT2D eigenvalue weighted by atomic mass is 79.9. The first-order valence-corrected chi connectivity index (χ1v) is 7.96. The Morgan fingerprint density at radius 3 is 2.59 bits per heavy atom. The minimum Gasteiger partial charge on any atom is -0.395 e. The van der Waals surface area contributed by atoms with Gasteiger partial charge in [0.1, 0.15) is 6.61 Å². The molecule has 0 atom stereocenters. The number of oxime groups is 1. The van der Waals surface area contributed by atoms with Crippen LogP contribution in [0, 0.1) is 0 Å². The molecule has 7 nitrogen and oxygen atoms in total. The van der Waals surface area contributed by atoms with Crippen molar-refractivity contribution in [3.8, 4) is 0 Å². The highest BCUT2D eigenvalue weighted by Crippen LogP contribution is 2.15. The number of carbonyl (C=O) groups excluding carboxylic acids is 1. The highest BCUT2D eigenvalue weighted by molar-refractivity contribution is 9.10. The molecule has 0 spiro atoms. The van der Waals surface area contributed by atoms with Gasteiger partial charge in [-0.15, -0.1) is 0 Å². The average Bonchev–Trinajstić information content (AvgIpc) is 2.52. The Bertz CT molecular complexity index is 523. The molecule has 8 heteroatoms. The number of amides is 1. The first kappa shape index (κ1) is 16.7. The van der Waals surface area contributed by atoms with Crippen LogP contribution in [0.5, 0.6) is 0 Å². The van der Waals surface area contributed by atoms with Crippen molar-refractivity contribution in [2.45, 2.75) is 19.3 Å². The second kappa shape index (κ2) is 8.07. The Morgan fingerprint density at radius 2 is 2.00 bits per heavy atom. The van der Waals surface area contributed by atoms with E-state index >= 15 is 0 Å². The van der Waals surface area contributed by atoms with Crippen LogP contribution in [0.3, 0.4) is 0 Å². The van der Waals surface area contributed by atoms with Gasteiger partial charge < -0.3 is 14.6 Å². The molecule has 0 saturated carbocycles. The normalized spacial score (nSPS) is 14.7. The van der Waals surface area contributed by atoms with Crippen LogP contribution in [0.4, 0.5) is 5.95 Å². The van der Waals surface area contributed by atoms with Gasteiger partial charge in [-0.05, 0) is 15.9 Å². The molecule has 1 aromatic rings. The lowest BCUT2D eigenvalue weighted by Crippen LogP contribution is -2.35. The molecule has 1 aliphatic rings. The van der Waals surface area contributed by atoms with Crippen LogP contribution in [-0.2, 0) is 9.63 Å². The van der Waals surface area contributed by atoms with Crippen LogP contribution < -0.4 is 4.90 Å². The Hall–Kier alpha value is -1.70. The van der Waals surface area contributed by atoms with Crippen LogP contribution in [-0.4, -0.2) is 60.3 Å². The van der Waals surface area contributed by atoms with E-state index in [0.717, 1.165) is 42.1 Å². The average molecular weight is 370 g/mol. The Morgan fingerprint density at radius 1 is 1.36 bits per heavy atom. The highest BCUT2D eigenvalue weighted by Gasteiger charge is 2.17. The van der Waals surface area contributed by atoms with Gasteiger partial charge in [-0.3, -0.25) is 4.79 Å². The molecule has 1 aromatic heterocycles. The summed E-state index contributed by atoms with van der Waals surface area (Å²) in [5, 5.41) is 4.13. The van der Waals surface area contributed by atoms with E-state index in [1.54, 1.807) is 31.4 Å². The van der Waals surface area contributed by atoms with E-state index in [9.17, 15) is 4.79 Å². The number of anilines is 1. The summed E-state index contributed by atoms with van der Waals surface area (Å²) in [5.74, 6) is 0.780. The fourth-order valence-corrected chi connectivity index (χ4v) is 2.22. The largest absolute Gasteiger partial charge is 0.395 e. The third-order valence-corrected chi connectivity index (χ3v) is 3.74. The summed E-state index contributed by atoms with van der Waals surface area (Å²) in [6, 6.07) is 0. The standard InChI is InChI=1S/C14H20BrN5O2/c1-19(2)13(21)5-8-22-18-12-3-6-20(7-4-12)14-16-9-11(15)10-17-14/h9-10H,3-8H2,1-2H3. The summed E-state index contributed by atoms with van der Waals surface area (Å²) in [5.41, 5.74) is 1.02.